The number of hydrogen-bond acceptors (Lipinski definition) is 2. The summed E-state index contributed by atoms with van der Waals surface area (Å²) in [6.07, 6.45) is 1.67. The van der Waals surface area contributed by atoms with Gasteiger partial charge in [-0.05, 0) is 93.4 Å². The Labute approximate surface area is 266 Å². The lowest BCUT2D eigenvalue weighted by atomic mass is 9.82. The number of hydrogen-bond donors (Lipinski definition) is 1. The first-order chi connectivity index (χ1) is 21.5. The second kappa shape index (κ2) is 14.3. The maximum Gasteiger partial charge on any atom is 0.0834 e. The molecule has 0 aromatic heterocycles. The minimum absolute atomic E-state index is 0.128. The van der Waals surface area contributed by atoms with Crippen molar-refractivity contribution in [1.82, 2.24) is 4.90 Å². The number of aliphatic hydroxyl groups is 1. The van der Waals surface area contributed by atoms with Gasteiger partial charge in [0.25, 0.3) is 0 Å². The van der Waals surface area contributed by atoms with E-state index in [2.05, 4.69) is 172 Å². The van der Waals surface area contributed by atoms with Crippen molar-refractivity contribution in [2.75, 3.05) is 14.1 Å². The number of rotatable bonds is 10. The molecule has 224 valence electrons. The largest absolute Gasteiger partial charge is 0.388 e. The summed E-state index contributed by atoms with van der Waals surface area (Å²) in [7, 11) is 2.87. The summed E-state index contributed by atoms with van der Waals surface area (Å²) in [4.78, 5) is 2.35. The first kappa shape index (κ1) is 30.9. The van der Waals surface area contributed by atoms with Crippen LogP contribution in [0.5, 0.6) is 0 Å². The topological polar surface area (TPSA) is 23.5 Å². The minimum atomic E-state index is -0.838. The predicted octanol–water partition coefficient (Wildman–Crippen LogP) is 6.96. The van der Waals surface area contributed by atoms with Crippen molar-refractivity contribution in [3.05, 3.63) is 151 Å². The van der Waals surface area contributed by atoms with Crippen LogP contribution in [0, 0.1) is 11.8 Å². The molecule has 6 rings (SSSR count). The van der Waals surface area contributed by atoms with E-state index in [0.29, 0.717) is 17.6 Å². The molecular weight excluding hydrogens is 572 g/mol. The van der Waals surface area contributed by atoms with E-state index in [4.69, 9.17) is 0 Å². The van der Waals surface area contributed by atoms with Gasteiger partial charge in [-0.3, -0.25) is 0 Å². The van der Waals surface area contributed by atoms with Gasteiger partial charge in [-0.2, -0.15) is 0 Å². The maximum absolute atomic E-state index is 12.9. The van der Waals surface area contributed by atoms with Crippen LogP contribution in [0.1, 0.15) is 31.4 Å². The molecule has 0 saturated heterocycles. The SMILES string of the molecule is C[C@H](C1CCC(P(c2ccccc2)c2ccccc2)C1C(O)c1ccccc1P(c1ccccc1)c1ccccc1)N(C)C. The molecule has 2 nitrogen and oxygen atoms in total. The van der Waals surface area contributed by atoms with Crippen LogP contribution >= 0.6 is 15.8 Å². The number of benzene rings is 5. The molecule has 1 fully saturated rings. The van der Waals surface area contributed by atoms with E-state index in [0.717, 1.165) is 18.4 Å². The molecule has 4 unspecified atom stereocenters. The Balaban J connectivity index is 1.49. The van der Waals surface area contributed by atoms with Crippen LogP contribution in [0.2, 0.25) is 0 Å². The molecule has 44 heavy (non-hydrogen) atoms. The summed E-state index contributed by atoms with van der Waals surface area (Å²) in [6.45, 7) is 2.35. The van der Waals surface area contributed by atoms with E-state index >= 15 is 0 Å². The fraction of sp³-hybridized carbons (Fsp3) is 0.250. The van der Waals surface area contributed by atoms with Crippen LogP contribution in [0.4, 0.5) is 0 Å². The molecule has 5 atom stereocenters. The van der Waals surface area contributed by atoms with Gasteiger partial charge in [0.15, 0.2) is 0 Å². The molecule has 0 spiro atoms. The van der Waals surface area contributed by atoms with Gasteiger partial charge in [0.05, 0.1) is 6.10 Å². The molecule has 1 aliphatic rings. The van der Waals surface area contributed by atoms with Gasteiger partial charge < -0.3 is 10.0 Å². The highest BCUT2D eigenvalue weighted by Gasteiger charge is 2.48. The zero-order chi connectivity index (χ0) is 30.5. The Bertz CT molecular complexity index is 1520. The maximum atomic E-state index is 12.9. The van der Waals surface area contributed by atoms with E-state index < -0.39 is 21.9 Å². The average Bonchev–Trinajstić information content (AvgIpc) is 3.51. The summed E-state index contributed by atoms with van der Waals surface area (Å²) < 4.78 is 0. The second-order valence-corrected chi connectivity index (χ2v) is 16.8. The van der Waals surface area contributed by atoms with Gasteiger partial charge in [-0.1, -0.05) is 146 Å². The highest BCUT2D eigenvalue weighted by molar-refractivity contribution is 7.80. The molecule has 0 heterocycles. The molecule has 0 radical (unpaired) electrons. The standard InChI is InChI=1S/C40H43NOP2/c1-30(41(2)3)35-28-29-38(44(33-22-12-6-13-23-33)34-24-14-7-15-25-34)39(35)40(42)36-26-16-17-27-37(36)43(31-18-8-4-9-19-31)32-20-10-5-11-21-32/h4-27,30,35,38-40,42H,28-29H2,1-3H3/t30-,35?,38?,39?,40?/m1/s1. The van der Waals surface area contributed by atoms with Gasteiger partial charge >= 0.3 is 0 Å². The Hall–Kier alpha value is -3.12. The Kier molecular flexibility index (Phi) is 10.1. The van der Waals surface area contributed by atoms with Crippen molar-refractivity contribution in [2.24, 2.45) is 11.8 Å². The van der Waals surface area contributed by atoms with Crippen LogP contribution in [0.15, 0.2) is 146 Å². The Morgan fingerprint density at radius 3 is 1.50 bits per heavy atom. The molecule has 1 saturated carbocycles. The van der Waals surface area contributed by atoms with Crippen LogP contribution in [0.3, 0.4) is 0 Å². The molecule has 0 amide bonds. The molecule has 5 aromatic carbocycles. The predicted molar refractivity (Wildman–Crippen MR) is 192 cm³/mol. The molecule has 0 bridgehead atoms. The van der Waals surface area contributed by atoms with E-state index in [-0.39, 0.29) is 5.92 Å². The van der Waals surface area contributed by atoms with E-state index in [1.54, 1.807) is 0 Å². The monoisotopic (exact) mass is 615 g/mol. The molecule has 4 heteroatoms. The van der Waals surface area contributed by atoms with Gasteiger partial charge in [-0.15, -0.1) is 0 Å². The first-order valence-electron chi connectivity index (χ1n) is 15.8. The fourth-order valence-corrected chi connectivity index (χ4v) is 12.8. The lowest BCUT2D eigenvalue weighted by Gasteiger charge is -2.39. The van der Waals surface area contributed by atoms with Crippen LogP contribution in [-0.2, 0) is 0 Å². The van der Waals surface area contributed by atoms with Gasteiger partial charge in [0.1, 0.15) is 0 Å². The van der Waals surface area contributed by atoms with E-state index in [9.17, 15) is 5.11 Å². The van der Waals surface area contributed by atoms with E-state index in [1.807, 2.05) is 0 Å². The minimum Gasteiger partial charge on any atom is -0.388 e. The van der Waals surface area contributed by atoms with Crippen molar-refractivity contribution in [3.63, 3.8) is 0 Å². The van der Waals surface area contributed by atoms with E-state index in [1.165, 1.54) is 26.5 Å². The average molecular weight is 616 g/mol. The normalized spacial score (nSPS) is 19.8. The van der Waals surface area contributed by atoms with Crippen molar-refractivity contribution in [2.45, 2.75) is 37.6 Å². The third kappa shape index (κ3) is 6.47. The second-order valence-electron chi connectivity index (χ2n) is 12.1. The van der Waals surface area contributed by atoms with Gasteiger partial charge in [0, 0.05) is 12.0 Å². The van der Waals surface area contributed by atoms with Crippen LogP contribution in [-0.4, -0.2) is 35.8 Å². The highest BCUT2D eigenvalue weighted by atomic mass is 31.1. The number of aliphatic hydroxyl groups excluding tert-OH is 1. The Morgan fingerprint density at radius 1 is 0.591 bits per heavy atom. The van der Waals surface area contributed by atoms with Gasteiger partial charge in [0.2, 0.25) is 0 Å². The Morgan fingerprint density at radius 2 is 1.02 bits per heavy atom. The quantitative estimate of drug-likeness (QED) is 0.172. The molecule has 1 N–H and O–H groups in total. The third-order valence-electron chi connectivity index (χ3n) is 9.46. The highest BCUT2D eigenvalue weighted by Crippen LogP contribution is 2.57. The first-order valence-corrected chi connectivity index (χ1v) is 18.5. The summed E-state index contributed by atoms with van der Waals surface area (Å²) in [6, 6.07) is 53.0. The molecular formula is C40H43NOP2. The van der Waals surface area contributed by atoms with Crippen molar-refractivity contribution in [3.8, 4) is 0 Å². The summed E-state index contributed by atoms with van der Waals surface area (Å²) in [5.41, 5.74) is 1.46. The molecule has 1 aliphatic carbocycles. The number of nitrogens with zero attached hydrogens (tertiary/aromatic N) is 1. The third-order valence-corrected chi connectivity index (χ3v) is 15.0. The van der Waals surface area contributed by atoms with Crippen LogP contribution < -0.4 is 26.5 Å². The smallest absolute Gasteiger partial charge is 0.0834 e. The lowest BCUT2D eigenvalue weighted by Crippen LogP contribution is -2.40. The van der Waals surface area contributed by atoms with Crippen molar-refractivity contribution >= 4 is 42.4 Å². The van der Waals surface area contributed by atoms with Crippen LogP contribution in [0.25, 0.3) is 0 Å². The zero-order valence-electron chi connectivity index (χ0n) is 25.9. The fourth-order valence-electron chi connectivity index (χ4n) is 7.16. The summed E-state index contributed by atoms with van der Waals surface area (Å²) in [5, 5.41) is 19.5. The van der Waals surface area contributed by atoms with Crippen molar-refractivity contribution < 1.29 is 5.11 Å². The zero-order valence-corrected chi connectivity index (χ0v) is 27.7. The lowest BCUT2D eigenvalue weighted by molar-refractivity contribution is 0.0616. The molecule has 5 aromatic rings. The summed E-state index contributed by atoms with van der Waals surface area (Å²) >= 11 is 0. The summed E-state index contributed by atoms with van der Waals surface area (Å²) in [5.74, 6) is 0.513. The molecule has 0 aliphatic heterocycles. The van der Waals surface area contributed by atoms with Crippen molar-refractivity contribution in [1.29, 1.82) is 0 Å². The van der Waals surface area contributed by atoms with Gasteiger partial charge in [-0.25, -0.2) is 0 Å².